The smallest absolute Gasteiger partial charge is 0.416 e. The Morgan fingerprint density at radius 3 is 2.32 bits per heavy atom. The lowest BCUT2D eigenvalue weighted by atomic mass is 10.1. The molecule has 1 aromatic heterocycles. The van der Waals surface area contributed by atoms with Crippen molar-refractivity contribution in [3.8, 4) is 0 Å². The van der Waals surface area contributed by atoms with Crippen molar-refractivity contribution in [2.75, 3.05) is 42.1 Å². The number of amides is 1. The van der Waals surface area contributed by atoms with Gasteiger partial charge in [0.05, 0.1) is 5.56 Å². The van der Waals surface area contributed by atoms with E-state index in [1.165, 1.54) is 30.6 Å². The van der Waals surface area contributed by atoms with Gasteiger partial charge >= 0.3 is 6.18 Å². The Balaban J connectivity index is 0.000000736. The van der Waals surface area contributed by atoms with Gasteiger partial charge in [-0.25, -0.2) is 9.97 Å². The van der Waals surface area contributed by atoms with E-state index >= 15 is 0 Å². The number of carbonyl (C=O) groups is 1. The number of hydrogen-bond donors (Lipinski definition) is 2. The number of halogens is 3. The standard InChI is InChI=1S/C20H22F3N3O3S.C4H5N3.2H2/c1-14(24-16-4-2-3-15(13-16)20(21,22)23)19(27)26-11-9-25(10-12-26)17-5-7-18(8-6-17)30(28)29;5-4-1-2-6-3-7-4;;/h2-8,13-14,24H,9-12H2,1H3,(H,28,29);1-3H,(H2,5,6,7);2*1H/p-1. The number of carbonyl (C=O) groups excluding carboxylic acids is 1. The molecule has 37 heavy (non-hydrogen) atoms. The van der Waals surface area contributed by atoms with Gasteiger partial charge in [0.25, 0.3) is 0 Å². The van der Waals surface area contributed by atoms with Crippen LogP contribution in [0.5, 0.6) is 0 Å². The number of piperazine rings is 1. The number of alkyl halides is 3. The molecule has 1 aliphatic rings. The normalized spacial score (nSPS) is 15.3. The van der Waals surface area contributed by atoms with Crippen LogP contribution in [-0.4, -0.2) is 61.8 Å². The van der Waals surface area contributed by atoms with Crippen LogP contribution in [0.15, 0.2) is 72.0 Å². The minimum Gasteiger partial charge on any atom is -0.768 e. The second-order valence-electron chi connectivity index (χ2n) is 8.12. The summed E-state index contributed by atoms with van der Waals surface area (Å²) in [6, 6.07) is 12.2. The summed E-state index contributed by atoms with van der Waals surface area (Å²) < 4.78 is 60.5. The van der Waals surface area contributed by atoms with Gasteiger partial charge in [0.2, 0.25) is 5.91 Å². The first-order valence-electron chi connectivity index (χ1n) is 11.2. The Labute approximate surface area is 217 Å². The van der Waals surface area contributed by atoms with Crippen LogP contribution >= 0.6 is 0 Å². The van der Waals surface area contributed by atoms with E-state index < -0.39 is 28.9 Å². The fourth-order valence-corrected chi connectivity index (χ4v) is 3.98. The summed E-state index contributed by atoms with van der Waals surface area (Å²) in [5.74, 6) is 0.319. The van der Waals surface area contributed by atoms with Crippen LogP contribution in [-0.2, 0) is 22.1 Å². The third-order valence-corrected chi connectivity index (χ3v) is 6.19. The van der Waals surface area contributed by atoms with Crippen molar-refractivity contribution in [1.82, 2.24) is 14.9 Å². The molecule has 2 heterocycles. The predicted molar refractivity (Wildman–Crippen MR) is 138 cm³/mol. The molecule has 4 rings (SSSR count). The van der Waals surface area contributed by atoms with Crippen LogP contribution in [0.25, 0.3) is 0 Å². The summed E-state index contributed by atoms with van der Waals surface area (Å²) in [6.07, 6.45) is -1.43. The minimum absolute atomic E-state index is 0. The first-order chi connectivity index (χ1) is 17.5. The highest BCUT2D eigenvalue weighted by Gasteiger charge is 2.31. The average molecular weight is 540 g/mol. The van der Waals surface area contributed by atoms with Crippen LogP contribution in [0, 0.1) is 0 Å². The average Bonchev–Trinajstić information content (AvgIpc) is 2.89. The van der Waals surface area contributed by atoms with E-state index in [-0.39, 0.29) is 19.3 Å². The Morgan fingerprint density at radius 2 is 1.81 bits per heavy atom. The number of nitrogens with zero attached hydrogens (tertiary/aromatic N) is 4. The van der Waals surface area contributed by atoms with Crippen molar-refractivity contribution in [3.05, 3.63) is 72.7 Å². The van der Waals surface area contributed by atoms with Crippen molar-refractivity contribution >= 4 is 34.2 Å². The molecule has 0 radical (unpaired) electrons. The topological polar surface area (TPSA) is 128 Å². The van der Waals surface area contributed by atoms with E-state index in [0.29, 0.717) is 32.0 Å². The quantitative estimate of drug-likeness (QED) is 0.471. The molecule has 0 aliphatic carbocycles. The lowest BCUT2D eigenvalue weighted by molar-refractivity contribution is -0.137. The van der Waals surface area contributed by atoms with Crippen molar-refractivity contribution in [3.63, 3.8) is 0 Å². The summed E-state index contributed by atoms with van der Waals surface area (Å²) in [7, 11) is 0. The van der Waals surface area contributed by atoms with E-state index in [4.69, 9.17) is 5.73 Å². The largest absolute Gasteiger partial charge is 0.768 e. The van der Waals surface area contributed by atoms with Crippen LogP contribution < -0.4 is 16.0 Å². The highest BCUT2D eigenvalue weighted by atomic mass is 32.2. The Kier molecular flexibility index (Phi) is 9.42. The highest BCUT2D eigenvalue weighted by molar-refractivity contribution is 7.79. The molecule has 2 aromatic carbocycles. The Hall–Kier alpha value is -3.71. The zero-order valence-corrected chi connectivity index (χ0v) is 20.7. The zero-order chi connectivity index (χ0) is 27.0. The number of nitrogens with one attached hydrogen (secondary N) is 1. The molecule has 1 saturated heterocycles. The predicted octanol–water partition coefficient (Wildman–Crippen LogP) is 3.64. The molecular formula is C24H30F3N6O3S-. The maximum atomic E-state index is 12.9. The van der Waals surface area contributed by atoms with E-state index in [1.54, 1.807) is 36.2 Å². The molecule has 3 aromatic rings. The molecule has 1 fully saturated rings. The minimum atomic E-state index is -4.44. The molecule has 1 aliphatic heterocycles. The Bertz CT molecular complexity index is 1200. The van der Waals surface area contributed by atoms with Crippen LogP contribution in [0.1, 0.15) is 15.3 Å². The van der Waals surface area contributed by atoms with E-state index in [1.807, 2.05) is 4.90 Å². The number of aromatic nitrogens is 2. The van der Waals surface area contributed by atoms with Crippen molar-refractivity contribution in [2.24, 2.45) is 0 Å². The van der Waals surface area contributed by atoms with Crippen molar-refractivity contribution in [1.29, 1.82) is 0 Å². The fourth-order valence-electron chi connectivity index (χ4n) is 3.62. The van der Waals surface area contributed by atoms with Crippen LogP contribution in [0.4, 0.5) is 30.4 Å². The van der Waals surface area contributed by atoms with Crippen molar-refractivity contribution < 1.29 is 29.6 Å². The SMILES string of the molecule is CC(Nc1cccc(C(F)(F)F)c1)C(=O)N1CCN(c2ccc(S(=O)[O-])cc2)CC1.Nc1ccncn1.[HH].[HH]. The first-order valence-corrected chi connectivity index (χ1v) is 12.3. The van der Waals surface area contributed by atoms with Crippen molar-refractivity contribution in [2.45, 2.75) is 24.0 Å². The van der Waals surface area contributed by atoms with Gasteiger partial charge < -0.3 is 25.4 Å². The number of rotatable bonds is 5. The molecule has 1 amide bonds. The molecule has 3 N–H and O–H groups in total. The third kappa shape index (κ3) is 8.15. The van der Waals surface area contributed by atoms with Gasteiger partial charge in [-0.05, 0) is 66.5 Å². The summed E-state index contributed by atoms with van der Waals surface area (Å²) in [5, 5.41) is 2.85. The number of anilines is 3. The third-order valence-electron chi connectivity index (χ3n) is 5.53. The summed E-state index contributed by atoms with van der Waals surface area (Å²) in [6.45, 7) is 3.69. The molecular weight excluding hydrogens is 509 g/mol. The molecule has 202 valence electrons. The second-order valence-corrected chi connectivity index (χ2v) is 9.06. The molecule has 0 spiro atoms. The molecule has 2 atom stereocenters. The van der Waals surface area contributed by atoms with Gasteiger partial charge in [-0.15, -0.1) is 0 Å². The van der Waals surface area contributed by atoms with Crippen LogP contribution in [0.2, 0.25) is 0 Å². The maximum Gasteiger partial charge on any atom is 0.416 e. The monoisotopic (exact) mass is 539 g/mol. The highest BCUT2D eigenvalue weighted by Crippen LogP contribution is 2.30. The molecule has 0 bridgehead atoms. The van der Waals surface area contributed by atoms with Gasteiger partial charge in [0.15, 0.2) is 0 Å². The number of benzene rings is 2. The number of nitrogen functional groups attached to an aromatic ring is 1. The lowest BCUT2D eigenvalue weighted by Gasteiger charge is -2.37. The maximum absolute atomic E-state index is 12.9. The lowest BCUT2D eigenvalue weighted by Crippen LogP contribution is -2.52. The fraction of sp³-hybridized carbons (Fsp3) is 0.292. The summed E-state index contributed by atoms with van der Waals surface area (Å²) in [4.78, 5) is 23.9. The second kappa shape index (κ2) is 12.5. The number of nitrogens with two attached hydrogens (primary N) is 1. The van der Waals surface area contributed by atoms with E-state index in [9.17, 15) is 26.7 Å². The molecule has 13 heteroatoms. The summed E-state index contributed by atoms with van der Waals surface area (Å²) in [5.41, 5.74) is 5.54. The zero-order valence-electron chi connectivity index (χ0n) is 19.9. The van der Waals surface area contributed by atoms with Gasteiger partial charge in [0.1, 0.15) is 18.2 Å². The van der Waals surface area contributed by atoms with Gasteiger partial charge in [-0.1, -0.05) is 6.07 Å². The van der Waals surface area contributed by atoms with Gasteiger partial charge in [-0.3, -0.25) is 9.00 Å². The summed E-state index contributed by atoms with van der Waals surface area (Å²) >= 11 is -2.27. The van der Waals surface area contributed by atoms with E-state index in [0.717, 1.165) is 17.8 Å². The van der Waals surface area contributed by atoms with Gasteiger partial charge in [0, 0.05) is 51.5 Å². The van der Waals surface area contributed by atoms with E-state index in [2.05, 4.69) is 15.3 Å². The Morgan fingerprint density at radius 1 is 1.14 bits per heavy atom. The molecule has 0 saturated carbocycles. The molecule has 2 unspecified atom stereocenters. The number of hydrogen-bond acceptors (Lipinski definition) is 8. The van der Waals surface area contributed by atoms with Gasteiger partial charge in [-0.2, -0.15) is 13.2 Å². The first kappa shape index (κ1) is 27.9. The molecule has 9 nitrogen and oxygen atoms in total. The van der Waals surface area contributed by atoms with Crippen LogP contribution in [0.3, 0.4) is 0 Å².